The van der Waals surface area contributed by atoms with Crippen molar-refractivity contribution in [2.45, 2.75) is 19.9 Å². The average molecular weight is 263 g/mol. The zero-order chi connectivity index (χ0) is 13.1. The van der Waals surface area contributed by atoms with Gasteiger partial charge in [0.05, 0.1) is 11.6 Å². The average Bonchev–Trinajstić information content (AvgIpc) is 2.85. The van der Waals surface area contributed by atoms with Crippen LogP contribution in [0.15, 0.2) is 35.0 Å². The first-order valence-electron chi connectivity index (χ1n) is 5.67. The Balaban J connectivity index is 2.15. The van der Waals surface area contributed by atoms with Gasteiger partial charge in [0.2, 0.25) is 0 Å². The van der Waals surface area contributed by atoms with Gasteiger partial charge >= 0.3 is 0 Å². The topological polar surface area (TPSA) is 29.1 Å². The van der Waals surface area contributed by atoms with Gasteiger partial charge in [-0.05, 0) is 48.4 Å². The number of nitrogens with one attached hydrogen (secondary N) is 1. The molecule has 1 aromatic carbocycles. The van der Waals surface area contributed by atoms with E-state index in [0.29, 0.717) is 0 Å². The molecule has 2 rings (SSSR count). The van der Waals surface area contributed by atoms with Crippen molar-refractivity contribution in [1.82, 2.24) is 5.32 Å². The molecule has 94 valence electrons. The van der Waals surface area contributed by atoms with Crippen molar-refractivity contribution in [2.75, 3.05) is 0 Å². The molecule has 1 amide bonds. The molecule has 0 aliphatic rings. The lowest BCUT2D eigenvalue weighted by Crippen LogP contribution is -2.27. The zero-order valence-electron chi connectivity index (χ0n) is 10.2. The first-order valence-corrected chi connectivity index (χ1v) is 6.61. The van der Waals surface area contributed by atoms with Gasteiger partial charge in [-0.1, -0.05) is 11.6 Å². The van der Waals surface area contributed by atoms with Crippen LogP contribution in [0.5, 0.6) is 0 Å². The highest BCUT2D eigenvalue weighted by Gasteiger charge is 2.15. The number of aryl methyl sites for hydroxylation is 1. The minimum Gasteiger partial charge on any atom is -0.345 e. The zero-order valence-corrected chi connectivity index (χ0v) is 11.1. The number of hydrogen-bond donors (Lipinski definition) is 1. The molecule has 18 heavy (non-hydrogen) atoms. The summed E-state index contributed by atoms with van der Waals surface area (Å²) in [4.78, 5) is 12.0. The van der Waals surface area contributed by atoms with E-state index >= 15 is 0 Å². The molecule has 1 aromatic heterocycles. The Morgan fingerprint density at radius 1 is 1.39 bits per heavy atom. The van der Waals surface area contributed by atoms with Gasteiger partial charge in [-0.25, -0.2) is 4.39 Å². The Morgan fingerprint density at radius 2 is 2.17 bits per heavy atom. The van der Waals surface area contributed by atoms with Crippen LogP contribution in [0.2, 0.25) is 0 Å². The maximum atomic E-state index is 13.6. The molecule has 0 fully saturated rings. The predicted molar refractivity (Wildman–Crippen MR) is 71.3 cm³/mol. The molecule has 0 saturated carbocycles. The number of carbonyl (C=O) groups is 1. The fourth-order valence-corrected chi connectivity index (χ4v) is 2.45. The fourth-order valence-electron chi connectivity index (χ4n) is 1.69. The van der Waals surface area contributed by atoms with E-state index in [1.165, 1.54) is 6.07 Å². The summed E-state index contributed by atoms with van der Waals surface area (Å²) in [6.45, 7) is 3.71. The summed E-state index contributed by atoms with van der Waals surface area (Å²) in [6.07, 6.45) is 0. The summed E-state index contributed by atoms with van der Waals surface area (Å²) in [7, 11) is 0. The molecule has 1 heterocycles. The lowest BCUT2D eigenvalue weighted by atomic mass is 10.1. The number of rotatable bonds is 3. The smallest absolute Gasteiger partial charge is 0.254 e. The number of hydrogen-bond acceptors (Lipinski definition) is 2. The first kappa shape index (κ1) is 12.8. The largest absolute Gasteiger partial charge is 0.345 e. The van der Waals surface area contributed by atoms with Crippen molar-refractivity contribution in [3.8, 4) is 0 Å². The van der Waals surface area contributed by atoms with Crippen molar-refractivity contribution in [1.29, 1.82) is 0 Å². The van der Waals surface area contributed by atoms with Crippen LogP contribution in [0.4, 0.5) is 4.39 Å². The second-order valence-electron chi connectivity index (χ2n) is 4.24. The van der Waals surface area contributed by atoms with E-state index in [4.69, 9.17) is 0 Å². The van der Waals surface area contributed by atoms with Gasteiger partial charge in [-0.15, -0.1) is 0 Å². The molecule has 1 unspecified atom stereocenters. The number of carbonyl (C=O) groups excluding carboxylic acids is 1. The maximum absolute atomic E-state index is 13.6. The van der Waals surface area contributed by atoms with Crippen molar-refractivity contribution < 1.29 is 9.18 Å². The lowest BCUT2D eigenvalue weighted by Gasteiger charge is -2.13. The van der Waals surface area contributed by atoms with E-state index in [9.17, 15) is 9.18 Å². The van der Waals surface area contributed by atoms with Gasteiger partial charge in [-0.2, -0.15) is 11.3 Å². The van der Waals surface area contributed by atoms with Gasteiger partial charge in [0.25, 0.3) is 5.91 Å². The minimum absolute atomic E-state index is 0.0945. The Kier molecular flexibility index (Phi) is 3.77. The van der Waals surface area contributed by atoms with E-state index in [0.717, 1.165) is 11.1 Å². The van der Waals surface area contributed by atoms with Crippen LogP contribution in [-0.4, -0.2) is 5.91 Å². The lowest BCUT2D eigenvalue weighted by molar-refractivity contribution is 0.0936. The van der Waals surface area contributed by atoms with Gasteiger partial charge in [-0.3, -0.25) is 4.79 Å². The number of thiophene rings is 1. The van der Waals surface area contributed by atoms with Crippen molar-refractivity contribution >= 4 is 17.2 Å². The van der Waals surface area contributed by atoms with E-state index in [-0.39, 0.29) is 17.5 Å². The second kappa shape index (κ2) is 5.31. The van der Waals surface area contributed by atoms with Gasteiger partial charge < -0.3 is 5.32 Å². The van der Waals surface area contributed by atoms with Crippen LogP contribution < -0.4 is 5.32 Å². The fraction of sp³-hybridized carbons (Fsp3) is 0.214. The molecule has 0 saturated heterocycles. The third kappa shape index (κ3) is 2.76. The standard InChI is InChI=1S/C14H14FNOS/c1-9-3-4-13(15)12(7-9)14(17)16-10(2)11-5-6-18-8-11/h3-8,10H,1-2H3,(H,16,17). The van der Waals surface area contributed by atoms with Gasteiger partial charge in [0.15, 0.2) is 0 Å². The SMILES string of the molecule is Cc1ccc(F)c(C(=O)NC(C)c2ccsc2)c1. The Hall–Kier alpha value is -1.68. The summed E-state index contributed by atoms with van der Waals surface area (Å²) < 4.78 is 13.6. The molecule has 0 spiro atoms. The summed E-state index contributed by atoms with van der Waals surface area (Å²) in [5.41, 5.74) is 1.99. The summed E-state index contributed by atoms with van der Waals surface area (Å²) >= 11 is 1.57. The molecule has 0 aliphatic carbocycles. The molecule has 1 atom stereocenters. The predicted octanol–water partition coefficient (Wildman–Crippen LogP) is 3.69. The van der Waals surface area contributed by atoms with E-state index in [1.807, 2.05) is 30.7 Å². The molecule has 2 aromatic rings. The molecule has 0 radical (unpaired) electrons. The van der Waals surface area contributed by atoms with Crippen LogP contribution >= 0.6 is 11.3 Å². The van der Waals surface area contributed by atoms with Crippen molar-refractivity contribution in [2.24, 2.45) is 0 Å². The van der Waals surface area contributed by atoms with Crippen LogP contribution in [0, 0.1) is 12.7 Å². The molecule has 0 aliphatic heterocycles. The maximum Gasteiger partial charge on any atom is 0.254 e. The number of amides is 1. The quantitative estimate of drug-likeness (QED) is 0.899. The van der Waals surface area contributed by atoms with Crippen LogP contribution in [0.1, 0.15) is 34.5 Å². The van der Waals surface area contributed by atoms with Crippen molar-refractivity contribution in [3.05, 3.63) is 57.5 Å². The summed E-state index contributed by atoms with van der Waals surface area (Å²) in [5, 5.41) is 6.71. The first-order chi connectivity index (χ1) is 8.58. The van der Waals surface area contributed by atoms with Crippen LogP contribution in [0.25, 0.3) is 0 Å². The molecule has 4 heteroatoms. The Labute approximate surface area is 109 Å². The monoisotopic (exact) mass is 263 g/mol. The van der Waals surface area contributed by atoms with E-state index in [2.05, 4.69) is 5.32 Å². The Morgan fingerprint density at radius 3 is 2.83 bits per heavy atom. The third-order valence-corrected chi connectivity index (χ3v) is 3.46. The number of halogens is 1. The molecular weight excluding hydrogens is 249 g/mol. The third-order valence-electron chi connectivity index (χ3n) is 2.76. The van der Waals surface area contributed by atoms with Gasteiger partial charge in [0.1, 0.15) is 5.82 Å². The highest BCUT2D eigenvalue weighted by molar-refractivity contribution is 7.07. The Bertz CT molecular complexity index is 551. The highest BCUT2D eigenvalue weighted by atomic mass is 32.1. The molecule has 2 nitrogen and oxygen atoms in total. The van der Waals surface area contributed by atoms with E-state index in [1.54, 1.807) is 23.5 Å². The summed E-state index contributed by atoms with van der Waals surface area (Å²) in [6, 6.07) is 6.35. The highest BCUT2D eigenvalue weighted by Crippen LogP contribution is 2.17. The van der Waals surface area contributed by atoms with E-state index < -0.39 is 5.82 Å². The normalized spacial score (nSPS) is 12.2. The molecular formula is C14H14FNOS. The summed E-state index contributed by atoms with van der Waals surface area (Å²) in [5.74, 6) is -0.870. The number of benzene rings is 1. The van der Waals surface area contributed by atoms with Crippen LogP contribution in [0.3, 0.4) is 0 Å². The van der Waals surface area contributed by atoms with Crippen molar-refractivity contribution in [3.63, 3.8) is 0 Å². The minimum atomic E-state index is -0.490. The van der Waals surface area contributed by atoms with Gasteiger partial charge in [0, 0.05) is 0 Å². The molecule has 1 N–H and O–H groups in total. The second-order valence-corrected chi connectivity index (χ2v) is 5.02. The molecule has 0 bridgehead atoms. The van der Waals surface area contributed by atoms with Crippen LogP contribution in [-0.2, 0) is 0 Å².